The molecule has 0 amide bonds. The van der Waals surface area contributed by atoms with Crippen LogP contribution in [0.25, 0.3) is 50.0 Å². The van der Waals surface area contributed by atoms with Crippen molar-refractivity contribution in [3.63, 3.8) is 0 Å². The molecular weight excluding hydrogens is 832 g/mol. The van der Waals surface area contributed by atoms with E-state index in [1.54, 1.807) is 6.07 Å². The van der Waals surface area contributed by atoms with Gasteiger partial charge in [0, 0.05) is 33.8 Å². The molecule has 270 valence electrons. The van der Waals surface area contributed by atoms with Crippen molar-refractivity contribution < 1.29 is 26.2 Å². The number of aromatic hydroxyl groups is 1. The van der Waals surface area contributed by atoms with Crippen molar-refractivity contribution in [2.24, 2.45) is 10.4 Å². The molecule has 0 fully saturated rings. The van der Waals surface area contributed by atoms with E-state index >= 15 is 0 Å². The van der Waals surface area contributed by atoms with Gasteiger partial charge in [-0.3, -0.25) is 4.57 Å². The van der Waals surface area contributed by atoms with Crippen LogP contribution in [0, 0.1) is 11.5 Å². The summed E-state index contributed by atoms with van der Waals surface area (Å²) in [4.78, 5) is 13.1. The molecule has 2 heterocycles. The van der Waals surface area contributed by atoms with Gasteiger partial charge in [0.15, 0.2) is 0 Å². The predicted octanol–water partition coefficient (Wildman–Crippen LogP) is 11.2. The Morgan fingerprint density at radius 3 is 2.09 bits per heavy atom. The molecule has 1 aliphatic rings. The van der Waals surface area contributed by atoms with Crippen molar-refractivity contribution in [1.29, 1.82) is 0 Å². The SMILES string of the molecule is CN1C(c2[c-]c(-c3cccc4c3nc(-c3c(O)ccc5ccccc35)n4-c3ccc(C(C)(C)C)cc3)ccc2)=N[C@@H](C(C)(C)C)[C@H]1c1ccccc1.[Pt]. The summed E-state index contributed by atoms with van der Waals surface area (Å²) in [5.41, 5.74) is 8.84. The minimum atomic E-state index is -0.0405. The molecular formula is C47H45N4OPt-. The monoisotopic (exact) mass is 876 g/mol. The molecule has 6 heteroatoms. The Hall–Kier alpha value is -4.99. The van der Waals surface area contributed by atoms with E-state index in [1.807, 2.05) is 18.2 Å². The molecule has 0 aliphatic carbocycles. The number of hydrogen-bond donors (Lipinski definition) is 1. The molecule has 8 rings (SSSR count). The third-order valence-electron chi connectivity index (χ3n) is 10.5. The standard InChI is InChI=1S/C47H45N4O.Pt/c1-46(2,3)34-24-26-35(27-25-34)51-38-22-14-21-37(41(38)48-45(51)40-36-20-12-11-15-30(36)23-28-39(40)52)32-18-13-19-33(29-32)44-49-43(47(4,5)6)42(50(44)7)31-16-9-8-10-17-31;/h8-28,42-43,52H,1-7H3;/q-1;/t42-,43-;/m1./s1. The van der Waals surface area contributed by atoms with Crippen LogP contribution in [0.1, 0.15) is 64.3 Å². The van der Waals surface area contributed by atoms with Gasteiger partial charge in [0.05, 0.1) is 34.5 Å². The van der Waals surface area contributed by atoms with Crippen molar-refractivity contribution in [3.8, 4) is 34.0 Å². The normalized spacial score (nSPS) is 16.2. The van der Waals surface area contributed by atoms with Crippen molar-refractivity contribution >= 4 is 27.6 Å². The molecule has 0 saturated heterocycles. The number of likely N-dealkylation sites (N-methyl/N-ethyl adjacent to an activating group) is 1. The zero-order chi connectivity index (χ0) is 36.4. The van der Waals surface area contributed by atoms with Gasteiger partial charge in [-0.2, -0.15) is 0 Å². The van der Waals surface area contributed by atoms with Gasteiger partial charge in [0.25, 0.3) is 0 Å². The summed E-state index contributed by atoms with van der Waals surface area (Å²) in [7, 11) is 2.15. The van der Waals surface area contributed by atoms with Crippen LogP contribution in [0.5, 0.6) is 5.75 Å². The summed E-state index contributed by atoms with van der Waals surface area (Å²) in [5, 5.41) is 13.5. The molecule has 2 atom stereocenters. The second-order valence-electron chi connectivity index (χ2n) is 16.1. The van der Waals surface area contributed by atoms with Crippen LogP contribution in [0.4, 0.5) is 0 Å². The number of fused-ring (bicyclic) bond motifs is 2. The van der Waals surface area contributed by atoms with Crippen molar-refractivity contribution in [2.75, 3.05) is 7.05 Å². The van der Waals surface area contributed by atoms with Gasteiger partial charge in [-0.15, -0.1) is 29.8 Å². The fourth-order valence-electron chi connectivity index (χ4n) is 7.73. The number of amidine groups is 1. The summed E-state index contributed by atoms with van der Waals surface area (Å²) in [5.74, 6) is 1.82. The Balaban J connectivity index is 0.00000435. The topological polar surface area (TPSA) is 53.6 Å². The van der Waals surface area contributed by atoms with Gasteiger partial charge in [-0.1, -0.05) is 138 Å². The minimum absolute atomic E-state index is 0. The van der Waals surface area contributed by atoms with Gasteiger partial charge in [-0.25, -0.2) is 4.98 Å². The Bertz CT molecular complexity index is 2470. The van der Waals surface area contributed by atoms with Crippen molar-refractivity contribution in [1.82, 2.24) is 14.5 Å². The number of imidazole rings is 1. The number of benzene rings is 6. The quantitative estimate of drug-likeness (QED) is 0.175. The number of nitrogens with zero attached hydrogens (tertiary/aromatic N) is 4. The molecule has 0 radical (unpaired) electrons. The summed E-state index contributed by atoms with van der Waals surface area (Å²) in [6.07, 6.45) is 0. The molecule has 5 nitrogen and oxygen atoms in total. The second kappa shape index (κ2) is 13.8. The summed E-state index contributed by atoms with van der Waals surface area (Å²) in [6.45, 7) is 13.5. The fourth-order valence-corrected chi connectivity index (χ4v) is 7.73. The van der Waals surface area contributed by atoms with Gasteiger partial charge in [-0.05, 0) is 57.0 Å². The Morgan fingerprint density at radius 1 is 0.698 bits per heavy atom. The Morgan fingerprint density at radius 2 is 1.38 bits per heavy atom. The molecule has 1 aromatic heterocycles. The van der Waals surface area contributed by atoms with Crippen LogP contribution in [0.2, 0.25) is 0 Å². The smallest absolute Gasteiger partial charge is 0.149 e. The number of rotatable bonds is 5. The van der Waals surface area contributed by atoms with E-state index in [1.165, 1.54) is 11.1 Å². The molecule has 0 unspecified atom stereocenters. The number of aliphatic imine (C=N–C) groups is 1. The maximum absolute atomic E-state index is 11.5. The van der Waals surface area contributed by atoms with E-state index in [-0.39, 0.29) is 49.7 Å². The molecule has 0 spiro atoms. The first-order valence-electron chi connectivity index (χ1n) is 18.1. The van der Waals surface area contributed by atoms with E-state index in [2.05, 4.69) is 167 Å². The molecule has 1 N–H and O–H groups in total. The number of para-hydroxylation sites is 1. The van der Waals surface area contributed by atoms with E-state index in [9.17, 15) is 5.11 Å². The summed E-state index contributed by atoms with van der Waals surface area (Å²) < 4.78 is 2.18. The molecule has 7 aromatic rings. The van der Waals surface area contributed by atoms with E-state index in [0.717, 1.165) is 50.0 Å². The van der Waals surface area contributed by atoms with Gasteiger partial charge in [0.2, 0.25) is 0 Å². The zero-order valence-electron chi connectivity index (χ0n) is 31.3. The first-order chi connectivity index (χ1) is 24.9. The third kappa shape index (κ3) is 6.50. The number of phenolic OH excluding ortho intramolecular Hbond substituents is 1. The molecule has 53 heavy (non-hydrogen) atoms. The van der Waals surface area contributed by atoms with Crippen LogP contribution < -0.4 is 0 Å². The Kier molecular flexibility index (Phi) is 9.45. The van der Waals surface area contributed by atoms with E-state index < -0.39 is 0 Å². The van der Waals surface area contributed by atoms with Crippen LogP contribution in [-0.4, -0.2) is 38.5 Å². The fraction of sp³-hybridized carbons (Fsp3) is 0.234. The zero-order valence-corrected chi connectivity index (χ0v) is 33.6. The van der Waals surface area contributed by atoms with Crippen LogP contribution >= 0.6 is 0 Å². The summed E-state index contributed by atoms with van der Waals surface area (Å²) in [6, 6.07) is 47.9. The first-order valence-corrected chi connectivity index (χ1v) is 18.1. The molecule has 6 aromatic carbocycles. The van der Waals surface area contributed by atoms with Crippen LogP contribution in [0.3, 0.4) is 0 Å². The predicted molar refractivity (Wildman–Crippen MR) is 215 cm³/mol. The van der Waals surface area contributed by atoms with E-state index in [0.29, 0.717) is 11.4 Å². The van der Waals surface area contributed by atoms with Crippen molar-refractivity contribution in [3.05, 3.63) is 150 Å². The first kappa shape index (κ1) is 36.4. The average molecular weight is 877 g/mol. The third-order valence-corrected chi connectivity index (χ3v) is 10.5. The molecule has 1 aliphatic heterocycles. The second-order valence-corrected chi connectivity index (χ2v) is 16.1. The van der Waals surface area contributed by atoms with Crippen molar-refractivity contribution in [2.45, 2.75) is 59.0 Å². The average Bonchev–Trinajstić information content (AvgIpc) is 3.70. The molecule has 0 bridgehead atoms. The molecule has 0 saturated carbocycles. The number of hydrogen-bond acceptors (Lipinski definition) is 4. The summed E-state index contributed by atoms with van der Waals surface area (Å²) >= 11 is 0. The number of aromatic nitrogens is 2. The van der Waals surface area contributed by atoms with Crippen LogP contribution in [-0.2, 0) is 26.5 Å². The van der Waals surface area contributed by atoms with Gasteiger partial charge < -0.3 is 15.0 Å². The van der Waals surface area contributed by atoms with Crippen LogP contribution in [0.15, 0.2) is 132 Å². The largest absolute Gasteiger partial charge is 0.507 e. The Labute approximate surface area is 327 Å². The van der Waals surface area contributed by atoms with Gasteiger partial charge >= 0.3 is 0 Å². The maximum atomic E-state index is 11.5. The van der Waals surface area contributed by atoms with E-state index in [4.69, 9.17) is 9.98 Å². The minimum Gasteiger partial charge on any atom is -0.507 e. The maximum Gasteiger partial charge on any atom is 0.149 e. The van der Waals surface area contributed by atoms with Gasteiger partial charge in [0.1, 0.15) is 11.6 Å². The number of phenols is 1.